The zero-order valence-electron chi connectivity index (χ0n) is 10.4. The largest absolute Gasteiger partial charge is 0.409 e. The van der Waals surface area contributed by atoms with Crippen LogP contribution in [0.15, 0.2) is 27.8 Å². The smallest absolute Gasteiger partial charge is 0.251 e. The molecule has 0 fully saturated rings. The molecule has 7 heteroatoms. The van der Waals surface area contributed by atoms with Gasteiger partial charge in [-0.25, -0.2) is 0 Å². The minimum atomic E-state index is -0.495. The average Bonchev–Trinajstić information content (AvgIpc) is 2.40. The van der Waals surface area contributed by atoms with Crippen molar-refractivity contribution < 1.29 is 10.0 Å². The Morgan fingerprint density at radius 1 is 1.63 bits per heavy atom. The molecule has 1 aromatic carbocycles. The van der Waals surface area contributed by atoms with Crippen LogP contribution in [-0.2, 0) is 0 Å². The zero-order chi connectivity index (χ0) is 14.4. The van der Waals surface area contributed by atoms with Crippen LogP contribution in [0.5, 0.6) is 0 Å². The normalized spacial score (nSPS) is 13.1. The van der Waals surface area contributed by atoms with Crippen LogP contribution >= 0.6 is 27.5 Å². The SMILES string of the molecule is CCCC(NC(=O)c1ccc(Br)c(Cl)c1)/C(N)=N/O. The number of amidine groups is 1. The third-order valence-corrected chi connectivity index (χ3v) is 3.77. The number of amides is 1. The van der Waals surface area contributed by atoms with E-state index in [2.05, 4.69) is 26.4 Å². The molecule has 1 aromatic rings. The Bertz CT molecular complexity index is 494. The van der Waals surface area contributed by atoms with Gasteiger partial charge in [-0.1, -0.05) is 30.1 Å². The fraction of sp³-hybridized carbons (Fsp3) is 0.333. The maximum absolute atomic E-state index is 12.0. The summed E-state index contributed by atoms with van der Waals surface area (Å²) in [5, 5.41) is 14.8. The summed E-state index contributed by atoms with van der Waals surface area (Å²) in [6, 6.07) is 4.39. The third kappa shape index (κ3) is 4.40. The van der Waals surface area contributed by atoms with Gasteiger partial charge in [0, 0.05) is 10.0 Å². The Kier molecular flexibility index (Phi) is 6.11. The second-order valence-electron chi connectivity index (χ2n) is 3.97. The minimum Gasteiger partial charge on any atom is -0.409 e. The van der Waals surface area contributed by atoms with Gasteiger partial charge >= 0.3 is 0 Å². The van der Waals surface area contributed by atoms with Gasteiger partial charge in [0.1, 0.15) is 0 Å². The van der Waals surface area contributed by atoms with Gasteiger partial charge in [-0.2, -0.15) is 0 Å². The number of hydrogen-bond acceptors (Lipinski definition) is 3. The Labute approximate surface area is 124 Å². The molecule has 4 N–H and O–H groups in total. The molecule has 0 aliphatic rings. The quantitative estimate of drug-likeness (QED) is 0.331. The number of carbonyl (C=O) groups excluding carboxylic acids is 1. The summed E-state index contributed by atoms with van der Waals surface area (Å²) in [6.45, 7) is 1.94. The molecule has 0 saturated heterocycles. The van der Waals surface area contributed by atoms with Crippen LogP contribution in [-0.4, -0.2) is 23.0 Å². The van der Waals surface area contributed by atoms with Crippen LogP contribution in [0.25, 0.3) is 0 Å². The van der Waals surface area contributed by atoms with Crippen molar-refractivity contribution in [2.45, 2.75) is 25.8 Å². The number of benzene rings is 1. The van der Waals surface area contributed by atoms with Crippen molar-refractivity contribution in [2.24, 2.45) is 10.9 Å². The van der Waals surface area contributed by atoms with E-state index in [9.17, 15) is 4.79 Å². The lowest BCUT2D eigenvalue weighted by atomic mass is 10.1. The zero-order valence-corrected chi connectivity index (χ0v) is 12.7. The molecule has 0 saturated carbocycles. The van der Waals surface area contributed by atoms with Gasteiger partial charge in [-0.15, -0.1) is 0 Å². The van der Waals surface area contributed by atoms with E-state index in [0.717, 1.165) is 6.42 Å². The van der Waals surface area contributed by atoms with Crippen molar-refractivity contribution in [1.29, 1.82) is 0 Å². The highest BCUT2D eigenvalue weighted by Crippen LogP contribution is 2.23. The second kappa shape index (κ2) is 7.35. The van der Waals surface area contributed by atoms with E-state index in [0.29, 0.717) is 21.5 Å². The van der Waals surface area contributed by atoms with Crippen LogP contribution < -0.4 is 11.1 Å². The maximum Gasteiger partial charge on any atom is 0.251 e. The molecule has 5 nitrogen and oxygen atoms in total. The molecule has 104 valence electrons. The highest BCUT2D eigenvalue weighted by molar-refractivity contribution is 9.10. The molecule has 0 spiro atoms. The van der Waals surface area contributed by atoms with E-state index in [1.807, 2.05) is 6.92 Å². The fourth-order valence-electron chi connectivity index (χ4n) is 1.53. The maximum atomic E-state index is 12.0. The van der Waals surface area contributed by atoms with Gasteiger partial charge in [-0.3, -0.25) is 4.79 Å². The molecule has 0 aliphatic heterocycles. The van der Waals surface area contributed by atoms with E-state index >= 15 is 0 Å². The number of rotatable bonds is 5. The molecular weight excluding hydrogens is 334 g/mol. The van der Waals surface area contributed by atoms with Crippen molar-refractivity contribution in [3.8, 4) is 0 Å². The fourth-order valence-corrected chi connectivity index (χ4v) is 1.96. The Morgan fingerprint density at radius 2 is 2.32 bits per heavy atom. The van der Waals surface area contributed by atoms with Crippen molar-refractivity contribution >= 4 is 39.3 Å². The number of nitrogens with one attached hydrogen (secondary N) is 1. The monoisotopic (exact) mass is 347 g/mol. The number of hydrogen-bond donors (Lipinski definition) is 3. The lowest BCUT2D eigenvalue weighted by molar-refractivity contribution is 0.0945. The van der Waals surface area contributed by atoms with Gasteiger partial charge in [0.2, 0.25) is 0 Å². The summed E-state index contributed by atoms with van der Waals surface area (Å²) >= 11 is 9.18. The first kappa shape index (κ1) is 15.8. The highest BCUT2D eigenvalue weighted by atomic mass is 79.9. The van der Waals surface area contributed by atoms with Gasteiger partial charge in [0.25, 0.3) is 5.91 Å². The average molecular weight is 349 g/mol. The molecule has 0 bridgehead atoms. The molecule has 0 aliphatic carbocycles. The molecule has 1 amide bonds. The van der Waals surface area contributed by atoms with Crippen LogP contribution in [0.4, 0.5) is 0 Å². The molecular formula is C12H15BrClN3O2. The van der Waals surface area contributed by atoms with Crippen LogP contribution in [0.2, 0.25) is 5.02 Å². The van der Waals surface area contributed by atoms with E-state index in [1.165, 1.54) is 0 Å². The number of oxime groups is 1. The van der Waals surface area contributed by atoms with Crippen molar-refractivity contribution in [3.63, 3.8) is 0 Å². The summed E-state index contributed by atoms with van der Waals surface area (Å²) in [6.07, 6.45) is 1.38. The van der Waals surface area contributed by atoms with E-state index < -0.39 is 6.04 Å². The van der Waals surface area contributed by atoms with E-state index in [-0.39, 0.29) is 11.7 Å². The Morgan fingerprint density at radius 3 is 2.84 bits per heavy atom. The lowest BCUT2D eigenvalue weighted by Crippen LogP contribution is -2.44. The number of halogens is 2. The molecule has 0 radical (unpaired) electrons. The summed E-state index contributed by atoms with van der Waals surface area (Å²) < 4.78 is 0.715. The first-order valence-electron chi connectivity index (χ1n) is 5.73. The first-order chi connectivity index (χ1) is 8.99. The number of nitrogens with two attached hydrogens (primary N) is 1. The van der Waals surface area contributed by atoms with Crippen LogP contribution in [0.3, 0.4) is 0 Å². The summed E-state index contributed by atoms with van der Waals surface area (Å²) in [5.41, 5.74) is 5.95. The predicted molar refractivity (Wildman–Crippen MR) is 78.7 cm³/mol. The van der Waals surface area contributed by atoms with Crippen LogP contribution in [0.1, 0.15) is 30.1 Å². The van der Waals surface area contributed by atoms with E-state index in [1.54, 1.807) is 18.2 Å². The molecule has 1 rings (SSSR count). The van der Waals surface area contributed by atoms with Gasteiger partial charge in [0.05, 0.1) is 11.1 Å². The molecule has 0 aromatic heterocycles. The van der Waals surface area contributed by atoms with Gasteiger partial charge < -0.3 is 16.3 Å². The molecule has 1 unspecified atom stereocenters. The molecule has 0 heterocycles. The van der Waals surface area contributed by atoms with Crippen LogP contribution in [0, 0.1) is 0 Å². The van der Waals surface area contributed by atoms with Crippen molar-refractivity contribution in [1.82, 2.24) is 5.32 Å². The number of nitrogens with zero attached hydrogens (tertiary/aromatic N) is 1. The minimum absolute atomic E-state index is 0.0154. The van der Waals surface area contributed by atoms with Gasteiger partial charge in [-0.05, 0) is 40.5 Å². The molecule has 19 heavy (non-hydrogen) atoms. The second-order valence-corrected chi connectivity index (χ2v) is 5.23. The highest BCUT2D eigenvalue weighted by Gasteiger charge is 2.17. The Hall–Kier alpha value is -1.27. The topological polar surface area (TPSA) is 87.7 Å². The summed E-state index contributed by atoms with van der Waals surface area (Å²) in [7, 11) is 0. The summed E-state index contributed by atoms with van der Waals surface area (Å²) in [5.74, 6) is -0.335. The standard InChI is InChI=1S/C12H15BrClN3O2/c1-2-3-10(11(15)17-19)16-12(18)7-4-5-8(13)9(14)6-7/h4-6,10,19H,2-3H2,1H3,(H2,15,17)(H,16,18). The lowest BCUT2D eigenvalue weighted by Gasteiger charge is -2.16. The molecule has 1 atom stereocenters. The predicted octanol–water partition coefficient (Wildman–Crippen LogP) is 2.75. The van der Waals surface area contributed by atoms with E-state index in [4.69, 9.17) is 22.5 Å². The first-order valence-corrected chi connectivity index (χ1v) is 6.90. The summed E-state index contributed by atoms with van der Waals surface area (Å²) in [4.78, 5) is 12.0. The Balaban J connectivity index is 2.84. The van der Waals surface area contributed by atoms with Crippen molar-refractivity contribution in [3.05, 3.63) is 33.3 Å². The third-order valence-electron chi connectivity index (χ3n) is 2.54. The van der Waals surface area contributed by atoms with Crippen molar-refractivity contribution in [2.75, 3.05) is 0 Å². The number of carbonyl (C=O) groups is 1. The van der Waals surface area contributed by atoms with Gasteiger partial charge in [0.15, 0.2) is 5.84 Å².